The molecular weight excluding hydrogens is 372 g/mol. The van der Waals surface area contributed by atoms with Gasteiger partial charge in [0.15, 0.2) is 0 Å². The average molecular weight is 391 g/mol. The van der Waals surface area contributed by atoms with Gasteiger partial charge in [-0.25, -0.2) is 13.1 Å². The van der Waals surface area contributed by atoms with Gasteiger partial charge in [0.25, 0.3) is 5.56 Å². The molecule has 0 radical (unpaired) electrons. The minimum atomic E-state index is -3.64. The summed E-state index contributed by atoms with van der Waals surface area (Å²) in [5.74, 6) is 0. The molecule has 136 valence electrons. The second kappa shape index (κ2) is 7.23. The van der Waals surface area contributed by atoms with Gasteiger partial charge in [0.2, 0.25) is 10.0 Å². The molecule has 7 heteroatoms. The number of halogens is 1. The second-order valence-electron chi connectivity index (χ2n) is 6.25. The van der Waals surface area contributed by atoms with Crippen LogP contribution in [0.15, 0.2) is 52.2 Å². The van der Waals surface area contributed by atoms with Crippen molar-refractivity contribution in [1.29, 1.82) is 0 Å². The van der Waals surface area contributed by atoms with Gasteiger partial charge in [0.05, 0.1) is 4.90 Å². The third-order valence-electron chi connectivity index (χ3n) is 4.35. The topological polar surface area (TPSA) is 79.0 Å². The van der Waals surface area contributed by atoms with Gasteiger partial charge in [0, 0.05) is 22.6 Å². The summed E-state index contributed by atoms with van der Waals surface area (Å²) >= 11 is 5.78. The maximum Gasteiger partial charge on any atom is 0.251 e. The van der Waals surface area contributed by atoms with E-state index in [0.29, 0.717) is 17.0 Å². The van der Waals surface area contributed by atoms with Crippen molar-refractivity contribution >= 4 is 32.5 Å². The van der Waals surface area contributed by atoms with Gasteiger partial charge in [-0.15, -0.1) is 0 Å². The number of H-pyrrole nitrogens is 1. The van der Waals surface area contributed by atoms with Crippen molar-refractivity contribution in [3.05, 3.63) is 74.5 Å². The molecule has 0 saturated heterocycles. The van der Waals surface area contributed by atoms with E-state index >= 15 is 0 Å². The molecule has 3 rings (SSSR count). The van der Waals surface area contributed by atoms with Crippen molar-refractivity contribution in [2.24, 2.45) is 0 Å². The number of rotatable bonds is 5. The molecule has 3 aromatic rings. The number of hydrogen-bond donors (Lipinski definition) is 2. The van der Waals surface area contributed by atoms with E-state index in [2.05, 4.69) is 9.71 Å². The standard InChI is InChI=1S/C19H19ClN2O3S/c1-12-9-15-11-14(19(23)22-18(15)10-13(12)2)7-8-21-26(24,25)17-5-3-16(20)4-6-17/h3-6,9-11,21H,7-8H2,1-2H3,(H,22,23). The zero-order valence-electron chi connectivity index (χ0n) is 14.5. The summed E-state index contributed by atoms with van der Waals surface area (Å²) in [4.78, 5) is 15.2. The van der Waals surface area contributed by atoms with E-state index in [0.717, 1.165) is 22.0 Å². The van der Waals surface area contributed by atoms with E-state index in [9.17, 15) is 13.2 Å². The van der Waals surface area contributed by atoms with Crippen molar-refractivity contribution in [2.45, 2.75) is 25.2 Å². The first-order valence-corrected chi connectivity index (χ1v) is 10.0. The van der Waals surface area contributed by atoms with E-state index < -0.39 is 10.0 Å². The van der Waals surface area contributed by atoms with Crippen molar-refractivity contribution in [1.82, 2.24) is 9.71 Å². The van der Waals surface area contributed by atoms with Crippen LogP contribution in [0.3, 0.4) is 0 Å². The number of sulfonamides is 1. The first kappa shape index (κ1) is 18.6. The van der Waals surface area contributed by atoms with Crippen LogP contribution in [0, 0.1) is 13.8 Å². The van der Waals surface area contributed by atoms with Crippen molar-refractivity contribution in [3.63, 3.8) is 0 Å². The monoisotopic (exact) mass is 390 g/mol. The Morgan fingerprint density at radius 3 is 2.38 bits per heavy atom. The molecule has 5 nitrogen and oxygen atoms in total. The molecule has 26 heavy (non-hydrogen) atoms. The molecule has 0 amide bonds. The molecule has 0 spiro atoms. The Bertz CT molecular complexity index is 1120. The highest BCUT2D eigenvalue weighted by Gasteiger charge is 2.13. The van der Waals surface area contributed by atoms with Gasteiger partial charge in [0.1, 0.15) is 0 Å². The lowest BCUT2D eigenvalue weighted by Crippen LogP contribution is -2.27. The molecule has 0 saturated carbocycles. The number of fused-ring (bicyclic) bond motifs is 1. The highest BCUT2D eigenvalue weighted by atomic mass is 35.5. The van der Waals surface area contributed by atoms with Gasteiger partial charge in [-0.1, -0.05) is 11.6 Å². The van der Waals surface area contributed by atoms with Crippen molar-refractivity contribution in [2.75, 3.05) is 6.54 Å². The molecule has 0 aliphatic carbocycles. The van der Waals surface area contributed by atoms with Gasteiger partial charge < -0.3 is 4.98 Å². The largest absolute Gasteiger partial charge is 0.322 e. The number of nitrogens with one attached hydrogen (secondary N) is 2. The van der Waals surface area contributed by atoms with Crippen LogP contribution in [0.25, 0.3) is 10.9 Å². The highest BCUT2D eigenvalue weighted by molar-refractivity contribution is 7.89. The first-order valence-electron chi connectivity index (χ1n) is 8.15. The number of pyridine rings is 1. The molecule has 0 atom stereocenters. The van der Waals surface area contributed by atoms with Gasteiger partial charge in [-0.05, 0) is 79.2 Å². The predicted octanol–water partition coefficient (Wildman–Crippen LogP) is 3.32. The molecule has 0 fully saturated rings. The van der Waals surface area contributed by atoms with Crippen LogP contribution in [0.2, 0.25) is 5.02 Å². The normalized spacial score (nSPS) is 11.8. The SMILES string of the molecule is Cc1cc2cc(CCNS(=O)(=O)c3ccc(Cl)cc3)c(=O)[nH]c2cc1C. The molecule has 0 unspecified atom stereocenters. The molecule has 0 aliphatic heterocycles. The van der Waals surface area contributed by atoms with Crippen LogP contribution in [-0.2, 0) is 16.4 Å². The van der Waals surface area contributed by atoms with Gasteiger partial charge in [-0.2, -0.15) is 0 Å². The van der Waals surface area contributed by atoms with Crippen LogP contribution in [0.1, 0.15) is 16.7 Å². The lowest BCUT2D eigenvalue weighted by atomic mass is 10.0. The zero-order chi connectivity index (χ0) is 18.9. The van der Waals surface area contributed by atoms with E-state index in [-0.39, 0.29) is 17.0 Å². The molecule has 2 N–H and O–H groups in total. The molecule has 2 aromatic carbocycles. The summed E-state index contributed by atoms with van der Waals surface area (Å²) < 4.78 is 27.1. The Morgan fingerprint density at radius 2 is 1.69 bits per heavy atom. The molecule has 0 bridgehead atoms. The lowest BCUT2D eigenvalue weighted by molar-refractivity contribution is 0.581. The minimum Gasteiger partial charge on any atom is -0.322 e. The van der Waals surface area contributed by atoms with Crippen LogP contribution >= 0.6 is 11.6 Å². The molecule has 0 aliphatic rings. The minimum absolute atomic E-state index is 0.129. The maximum absolute atomic E-state index is 12.3. The number of hydrogen-bond acceptors (Lipinski definition) is 3. The number of aromatic amines is 1. The Labute approximate surface area is 157 Å². The number of benzene rings is 2. The van der Waals surface area contributed by atoms with Crippen molar-refractivity contribution < 1.29 is 8.42 Å². The molecule has 1 heterocycles. The quantitative estimate of drug-likeness (QED) is 0.701. The summed E-state index contributed by atoms with van der Waals surface area (Å²) in [6.07, 6.45) is 0.297. The Morgan fingerprint density at radius 1 is 1.04 bits per heavy atom. The zero-order valence-corrected chi connectivity index (χ0v) is 16.0. The second-order valence-corrected chi connectivity index (χ2v) is 8.45. The summed E-state index contributed by atoms with van der Waals surface area (Å²) in [6, 6.07) is 11.7. The number of aromatic nitrogens is 1. The molecular formula is C19H19ClN2O3S. The summed E-state index contributed by atoms with van der Waals surface area (Å²) in [5.41, 5.74) is 3.37. The molecule has 1 aromatic heterocycles. The van der Waals surface area contributed by atoms with Crippen LogP contribution < -0.4 is 10.3 Å². The Kier molecular flexibility index (Phi) is 5.18. The van der Waals surface area contributed by atoms with E-state index in [4.69, 9.17) is 11.6 Å². The summed E-state index contributed by atoms with van der Waals surface area (Å²) in [7, 11) is -3.64. The van der Waals surface area contributed by atoms with Crippen LogP contribution in [-0.4, -0.2) is 19.9 Å². The Hall–Kier alpha value is -2.15. The third kappa shape index (κ3) is 3.98. The highest BCUT2D eigenvalue weighted by Crippen LogP contribution is 2.17. The first-order chi connectivity index (χ1) is 12.3. The fraction of sp³-hybridized carbons (Fsp3) is 0.211. The summed E-state index contributed by atoms with van der Waals surface area (Å²) in [6.45, 7) is 4.14. The summed E-state index contributed by atoms with van der Waals surface area (Å²) in [5, 5.41) is 1.40. The van der Waals surface area contributed by atoms with E-state index in [1.165, 1.54) is 24.3 Å². The lowest BCUT2D eigenvalue weighted by Gasteiger charge is -2.08. The van der Waals surface area contributed by atoms with E-state index in [1.807, 2.05) is 32.0 Å². The van der Waals surface area contributed by atoms with Crippen molar-refractivity contribution in [3.8, 4) is 0 Å². The van der Waals surface area contributed by atoms with Gasteiger partial charge >= 0.3 is 0 Å². The average Bonchev–Trinajstić information content (AvgIpc) is 2.57. The van der Waals surface area contributed by atoms with Crippen LogP contribution in [0.4, 0.5) is 0 Å². The Balaban J connectivity index is 1.77. The fourth-order valence-electron chi connectivity index (χ4n) is 2.72. The predicted molar refractivity (Wildman–Crippen MR) is 104 cm³/mol. The fourth-order valence-corrected chi connectivity index (χ4v) is 3.88. The van der Waals surface area contributed by atoms with E-state index in [1.54, 1.807) is 0 Å². The van der Waals surface area contributed by atoms with Gasteiger partial charge in [-0.3, -0.25) is 4.79 Å². The maximum atomic E-state index is 12.3. The third-order valence-corrected chi connectivity index (χ3v) is 6.07. The number of aryl methyl sites for hydroxylation is 2. The van der Waals surface area contributed by atoms with Crippen LogP contribution in [0.5, 0.6) is 0 Å². The smallest absolute Gasteiger partial charge is 0.251 e.